The minimum Gasteiger partial charge on any atom is -0.455 e. The lowest BCUT2D eigenvalue weighted by molar-refractivity contribution is 0.0733. The summed E-state index contributed by atoms with van der Waals surface area (Å²) < 4.78 is 5.45. The van der Waals surface area contributed by atoms with E-state index in [2.05, 4.69) is 9.88 Å². The van der Waals surface area contributed by atoms with Crippen LogP contribution in [0.15, 0.2) is 28.1 Å². The molecule has 6 nitrogen and oxygen atoms in total. The van der Waals surface area contributed by atoms with Gasteiger partial charge < -0.3 is 20.0 Å². The number of thiazole rings is 1. The summed E-state index contributed by atoms with van der Waals surface area (Å²) in [5.74, 6) is 0.950. The maximum atomic E-state index is 12.4. The molecule has 1 fully saturated rings. The standard InChI is InChI=1S/C14H18N4O2S.2ClH/c15-10-11-2-3-12(20-11)13(19)17-5-1-6-18(8-7-17)14-16-4-9-21-14;;/h2-4,9H,1,5-8,10,15H2;2*1H. The summed E-state index contributed by atoms with van der Waals surface area (Å²) in [5.41, 5.74) is 5.51. The van der Waals surface area contributed by atoms with Crippen molar-refractivity contribution < 1.29 is 9.21 Å². The number of amides is 1. The fourth-order valence-electron chi connectivity index (χ4n) is 2.44. The molecule has 0 aliphatic carbocycles. The zero-order valence-electron chi connectivity index (χ0n) is 12.5. The number of hydrogen-bond acceptors (Lipinski definition) is 6. The Balaban J connectivity index is 0.00000132. The van der Waals surface area contributed by atoms with Crippen molar-refractivity contribution >= 4 is 47.2 Å². The first-order valence-corrected chi connectivity index (χ1v) is 7.88. The predicted octanol–water partition coefficient (Wildman–Crippen LogP) is 2.39. The molecule has 3 rings (SSSR count). The summed E-state index contributed by atoms with van der Waals surface area (Å²) in [6.45, 7) is 3.44. The molecule has 0 atom stereocenters. The molecule has 128 valence electrons. The number of halogens is 2. The number of aromatic nitrogens is 1. The molecule has 0 aromatic carbocycles. The molecule has 0 bridgehead atoms. The Kier molecular flexibility index (Phi) is 7.84. The first-order valence-electron chi connectivity index (χ1n) is 7.00. The van der Waals surface area contributed by atoms with Gasteiger partial charge in [-0.25, -0.2) is 4.98 Å². The van der Waals surface area contributed by atoms with Gasteiger partial charge in [0.15, 0.2) is 10.9 Å². The van der Waals surface area contributed by atoms with Gasteiger partial charge >= 0.3 is 0 Å². The fraction of sp³-hybridized carbons (Fsp3) is 0.429. The lowest BCUT2D eigenvalue weighted by Gasteiger charge is -2.20. The minimum atomic E-state index is -0.0595. The average molecular weight is 379 g/mol. The summed E-state index contributed by atoms with van der Waals surface area (Å²) in [7, 11) is 0. The smallest absolute Gasteiger partial charge is 0.289 e. The van der Waals surface area contributed by atoms with Gasteiger partial charge in [-0.3, -0.25) is 4.79 Å². The maximum absolute atomic E-state index is 12.4. The van der Waals surface area contributed by atoms with Gasteiger partial charge in [-0.1, -0.05) is 0 Å². The van der Waals surface area contributed by atoms with Gasteiger partial charge in [0, 0.05) is 37.8 Å². The van der Waals surface area contributed by atoms with Crippen molar-refractivity contribution in [3.63, 3.8) is 0 Å². The SMILES string of the molecule is Cl.Cl.NCc1ccc(C(=O)N2CCCN(c3nccs3)CC2)o1. The Labute approximate surface area is 151 Å². The summed E-state index contributed by atoms with van der Waals surface area (Å²) in [5, 5.41) is 2.99. The molecule has 23 heavy (non-hydrogen) atoms. The molecule has 1 saturated heterocycles. The molecular formula is C14H20Cl2N4O2S. The van der Waals surface area contributed by atoms with E-state index in [1.807, 2.05) is 16.5 Å². The van der Waals surface area contributed by atoms with Crippen LogP contribution in [0.2, 0.25) is 0 Å². The second-order valence-corrected chi connectivity index (χ2v) is 5.79. The summed E-state index contributed by atoms with van der Waals surface area (Å²) in [6, 6.07) is 3.46. The van der Waals surface area contributed by atoms with E-state index in [0.29, 0.717) is 24.6 Å². The van der Waals surface area contributed by atoms with Crippen LogP contribution in [-0.4, -0.2) is 42.0 Å². The molecule has 0 saturated carbocycles. The normalized spacial score (nSPS) is 14.7. The summed E-state index contributed by atoms with van der Waals surface area (Å²) in [4.78, 5) is 20.8. The Morgan fingerprint density at radius 3 is 2.74 bits per heavy atom. The molecule has 2 aromatic rings. The molecule has 1 amide bonds. The van der Waals surface area contributed by atoms with Gasteiger partial charge in [-0.15, -0.1) is 36.2 Å². The lowest BCUT2D eigenvalue weighted by Crippen LogP contribution is -2.35. The number of rotatable bonds is 3. The van der Waals surface area contributed by atoms with Crippen LogP contribution in [0.1, 0.15) is 22.7 Å². The van der Waals surface area contributed by atoms with E-state index in [4.69, 9.17) is 10.2 Å². The van der Waals surface area contributed by atoms with Crippen molar-refractivity contribution in [2.75, 3.05) is 31.1 Å². The minimum absolute atomic E-state index is 0. The van der Waals surface area contributed by atoms with Crippen molar-refractivity contribution in [3.05, 3.63) is 35.2 Å². The van der Waals surface area contributed by atoms with Crippen LogP contribution >= 0.6 is 36.2 Å². The third-order valence-corrected chi connectivity index (χ3v) is 4.38. The van der Waals surface area contributed by atoms with E-state index in [0.717, 1.165) is 31.2 Å². The number of nitrogens with zero attached hydrogens (tertiary/aromatic N) is 3. The van der Waals surface area contributed by atoms with Crippen molar-refractivity contribution in [1.82, 2.24) is 9.88 Å². The van der Waals surface area contributed by atoms with E-state index in [9.17, 15) is 4.79 Å². The average Bonchev–Trinajstić information content (AvgIpc) is 3.14. The second kappa shape index (κ2) is 9.12. The molecule has 1 aliphatic rings. The molecule has 2 aromatic heterocycles. The predicted molar refractivity (Wildman–Crippen MR) is 95.9 cm³/mol. The van der Waals surface area contributed by atoms with Crippen LogP contribution in [0.25, 0.3) is 0 Å². The highest BCUT2D eigenvalue weighted by Crippen LogP contribution is 2.20. The summed E-state index contributed by atoms with van der Waals surface area (Å²) >= 11 is 1.63. The van der Waals surface area contributed by atoms with Crippen molar-refractivity contribution in [2.24, 2.45) is 5.73 Å². The van der Waals surface area contributed by atoms with Gasteiger partial charge in [0.1, 0.15) is 5.76 Å². The monoisotopic (exact) mass is 378 g/mol. The van der Waals surface area contributed by atoms with E-state index in [-0.39, 0.29) is 30.7 Å². The molecule has 3 heterocycles. The van der Waals surface area contributed by atoms with Crippen molar-refractivity contribution in [3.8, 4) is 0 Å². The maximum Gasteiger partial charge on any atom is 0.289 e. The highest BCUT2D eigenvalue weighted by Gasteiger charge is 2.23. The van der Waals surface area contributed by atoms with Crippen molar-refractivity contribution in [2.45, 2.75) is 13.0 Å². The third-order valence-electron chi connectivity index (χ3n) is 3.55. The Bertz CT molecular complexity index is 606. The van der Waals surface area contributed by atoms with E-state index >= 15 is 0 Å². The van der Waals surface area contributed by atoms with Crippen LogP contribution in [0.5, 0.6) is 0 Å². The molecule has 9 heteroatoms. The Hall–Kier alpha value is -1.28. The van der Waals surface area contributed by atoms with Crippen LogP contribution in [0.4, 0.5) is 5.13 Å². The number of furan rings is 1. The van der Waals surface area contributed by atoms with Crippen LogP contribution in [0.3, 0.4) is 0 Å². The van der Waals surface area contributed by atoms with Gasteiger partial charge in [0.05, 0.1) is 6.54 Å². The van der Waals surface area contributed by atoms with E-state index < -0.39 is 0 Å². The molecule has 0 spiro atoms. The third kappa shape index (κ3) is 4.60. The summed E-state index contributed by atoms with van der Waals surface area (Å²) in [6.07, 6.45) is 2.74. The zero-order chi connectivity index (χ0) is 14.7. The first-order chi connectivity index (χ1) is 10.3. The molecular weight excluding hydrogens is 359 g/mol. The van der Waals surface area contributed by atoms with Gasteiger partial charge in [-0.2, -0.15) is 0 Å². The number of carbonyl (C=O) groups is 1. The van der Waals surface area contributed by atoms with E-state index in [1.165, 1.54) is 0 Å². The molecule has 2 N–H and O–H groups in total. The number of hydrogen-bond donors (Lipinski definition) is 1. The van der Waals surface area contributed by atoms with Gasteiger partial charge in [0.2, 0.25) is 0 Å². The van der Waals surface area contributed by atoms with Gasteiger partial charge in [0.25, 0.3) is 5.91 Å². The first kappa shape index (κ1) is 19.8. The Morgan fingerprint density at radius 1 is 1.26 bits per heavy atom. The molecule has 0 unspecified atom stereocenters. The highest BCUT2D eigenvalue weighted by atomic mass is 35.5. The highest BCUT2D eigenvalue weighted by molar-refractivity contribution is 7.13. The van der Waals surface area contributed by atoms with Crippen LogP contribution in [-0.2, 0) is 6.54 Å². The fourth-order valence-corrected chi connectivity index (χ4v) is 3.14. The largest absolute Gasteiger partial charge is 0.455 e. The Morgan fingerprint density at radius 2 is 2.09 bits per heavy atom. The molecule has 1 aliphatic heterocycles. The second-order valence-electron chi connectivity index (χ2n) is 4.92. The van der Waals surface area contributed by atoms with Crippen LogP contribution in [0, 0.1) is 0 Å². The topological polar surface area (TPSA) is 75.6 Å². The van der Waals surface area contributed by atoms with Crippen LogP contribution < -0.4 is 10.6 Å². The van der Waals surface area contributed by atoms with Crippen molar-refractivity contribution in [1.29, 1.82) is 0 Å². The zero-order valence-corrected chi connectivity index (χ0v) is 15.0. The van der Waals surface area contributed by atoms with E-state index in [1.54, 1.807) is 23.5 Å². The quantitative estimate of drug-likeness (QED) is 0.886. The van der Waals surface area contributed by atoms with Gasteiger partial charge in [-0.05, 0) is 18.6 Å². The lowest BCUT2D eigenvalue weighted by atomic mass is 10.3. The number of anilines is 1. The number of carbonyl (C=O) groups excluding carboxylic acids is 1. The molecule has 0 radical (unpaired) electrons. The number of nitrogens with two attached hydrogens (primary N) is 1.